The van der Waals surface area contributed by atoms with Gasteiger partial charge < -0.3 is 5.11 Å². The van der Waals surface area contributed by atoms with Crippen molar-refractivity contribution in [1.82, 2.24) is 5.01 Å². The van der Waals surface area contributed by atoms with Crippen molar-refractivity contribution >= 4 is 35.0 Å². The number of carbonyl (C=O) groups is 2. The zero-order chi connectivity index (χ0) is 25.1. The average molecular weight is 478 g/mol. The van der Waals surface area contributed by atoms with Crippen LogP contribution in [-0.2, 0) is 9.59 Å². The summed E-state index contributed by atoms with van der Waals surface area (Å²) in [5.41, 5.74) is 2.48. The Kier molecular flexibility index (Phi) is 6.67. The van der Waals surface area contributed by atoms with Gasteiger partial charge in [0, 0.05) is 36.6 Å². The molecule has 1 aliphatic heterocycles. The monoisotopic (exact) mass is 478 g/mol. The molecule has 2 atom stereocenters. The van der Waals surface area contributed by atoms with Crippen LogP contribution in [0.2, 0.25) is 0 Å². The van der Waals surface area contributed by atoms with Gasteiger partial charge in [-0.3, -0.25) is 29.8 Å². The van der Waals surface area contributed by atoms with Crippen LogP contribution in [0.5, 0.6) is 0 Å². The fourth-order valence-electron chi connectivity index (χ4n) is 4.62. The first kappa shape index (κ1) is 23.7. The van der Waals surface area contributed by atoms with Crippen LogP contribution >= 0.6 is 0 Å². The molecule has 35 heavy (non-hydrogen) atoms. The number of benzene rings is 2. The number of rotatable bonds is 7. The van der Waals surface area contributed by atoms with Crippen molar-refractivity contribution < 1.29 is 24.5 Å². The number of hydrazone groups is 1. The lowest BCUT2D eigenvalue weighted by Gasteiger charge is -2.29. The number of nitro groups is 2. The lowest BCUT2D eigenvalue weighted by Crippen LogP contribution is -2.32. The van der Waals surface area contributed by atoms with Crippen LogP contribution < -0.4 is 0 Å². The van der Waals surface area contributed by atoms with Crippen molar-refractivity contribution in [3.63, 3.8) is 0 Å². The predicted molar refractivity (Wildman–Crippen MR) is 125 cm³/mol. The molecule has 0 saturated heterocycles. The minimum atomic E-state index is -1.11. The second-order valence-electron chi connectivity index (χ2n) is 8.43. The van der Waals surface area contributed by atoms with E-state index in [1.54, 1.807) is 24.3 Å². The van der Waals surface area contributed by atoms with Crippen LogP contribution in [-0.4, -0.2) is 37.6 Å². The molecule has 1 aliphatic carbocycles. The summed E-state index contributed by atoms with van der Waals surface area (Å²) in [6.07, 6.45) is 3.30. The van der Waals surface area contributed by atoms with Gasteiger partial charge in [0.05, 0.1) is 28.0 Å². The van der Waals surface area contributed by atoms with E-state index in [-0.39, 0.29) is 30.1 Å². The smallest absolute Gasteiger partial charge is 0.303 e. The molecule has 0 spiro atoms. The van der Waals surface area contributed by atoms with E-state index in [1.165, 1.54) is 29.3 Å². The van der Waals surface area contributed by atoms with E-state index in [4.69, 9.17) is 5.11 Å². The summed E-state index contributed by atoms with van der Waals surface area (Å²) < 4.78 is 0. The SMILES string of the molecule is O=C(O)CCC(=O)N1N=C2/C(=C\c3cccc([N+](=O)[O-])c3)CCC[C@@H]2[C@H]1c1cccc([N+](=O)[O-])c1. The number of aliphatic carboxylic acids is 1. The number of amides is 1. The minimum absolute atomic E-state index is 0.0417. The van der Waals surface area contributed by atoms with Crippen LogP contribution in [0.3, 0.4) is 0 Å². The van der Waals surface area contributed by atoms with Crippen LogP contribution in [0.4, 0.5) is 11.4 Å². The average Bonchev–Trinajstić information content (AvgIpc) is 3.23. The highest BCUT2D eigenvalue weighted by molar-refractivity contribution is 6.08. The highest BCUT2D eigenvalue weighted by Gasteiger charge is 2.44. The van der Waals surface area contributed by atoms with Gasteiger partial charge in [0.15, 0.2) is 0 Å². The third kappa shape index (κ3) is 5.08. The molecule has 2 aliphatic rings. The molecule has 1 saturated carbocycles. The predicted octanol–water partition coefficient (Wildman–Crippen LogP) is 4.49. The number of hydrogen-bond acceptors (Lipinski definition) is 7. The molecule has 2 aromatic rings. The first-order valence-corrected chi connectivity index (χ1v) is 11.1. The number of non-ortho nitro benzene ring substituents is 2. The lowest BCUT2D eigenvalue weighted by molar-refractivity contribution is -0.385. The van der Waals surface area contributed by atoms with Crippen LogP contribution in [0.1, 0.15) is 49.3 Å². The van der Waals surface area contributed by atoms with E-state index >= 15 is 0 Å². The Labute approximate surface area is 199 Å². The van der Waals surface area contributed by atoms with E-state index in [9.17, 15) is 29.8 Å². The van der Waals surface area contributed by atoms with Crippen LogP contribution in [0.25, 0.3) is 6.08 Å². The number of nitro benzene ring substituents is 2. The van der Waals surface area contributed by atoms with E-state index in [0.29, 0.717) is 29.7 Å². The summed E-state index contributed by atoms with van der Waals surface area (Å²) in [6.45, 7) is 0. The summed E-state index contributed by atoms with van der Waals surface area (Å²) in [6, 6.07) is 11.6. The van der Waals surface area contributed by atoms with Crippen LogP contribution in [0.15, 0.2) is 59.2 Å². The highest BCUT2D eigenvalue weighted by atomic mass is 16.6. The first-order chi connectivity index (χ1) is 16.7. The molecule has 2 aromatic carbocycles. The van der Waals surface area contributed by atoms with Crippen molar-refractivity contribution in [2.24, 2.45) is 11.0 Å². The number of carboxylic acid groups (broad SMARTS) is 1. The van der Waals surface area contributed by atoms with Gasteiger partial charge >= 0.3 is 5.97 Å². The fourth-order valence-corrected chi connectivity index (χ4v) is 4.62. The highest BCUT2D eigenvalue weighted by Crippen LogP contribution is 2.45. The van der Waals surface area contributed by atoms with Crippen molar-refractivity contribution in [3.8, 4) is 0 Å². The number of nitrogens with zero attached hydrogens (tertiary/aromatic N) is 4. The van der Waals surface area contributed by atoms with E-state index in [1.807, 2.05) is 6.08 Å². The van der Waals surface area contributed by atoms with Crippen molar-refractivity contribution in [2.45, 2.75) is 38.1 Å². The largest absolute Gasteiger partial charge is 0.481 e. The number of carbonyl (C=O) groups excluding carboxylic acids is 1. The van der Waals surface area contributed by atoms with Gasteiger partial charge in [-0.1, -0.05) is 24.3 Å². The standard InChI is InChI=1S/C24H22N4O7/c29-21(10-11-22(30)31)26-24(17-6-2-8-19(14-17)28(34)35)20-9-3-5-16(23(20)25-26)12-15-4-1-7-18(13-15)27(32)33/h1-2,4,6-8,12-14,20,24H,3,5,9-11H2,(H,30,31)/b16-12-/t20-,24+/m0/s1. The third-order valence-corrected chi connectivity index (χ3v) is 6.15. The van der Waals surface area contributed by atoms with Crippen molar-refractivity contribution in [1.29, 1.82) is 0 Å². The molecule has 1 heterocycles. The van der Waals surface area contributed by atoms with Gasteiger partial charge in [0.1, 0.15) is 0 Å². The maximum Gasteiger partial charge on any atom is 0.303 e. The number of carboxylic acids is 1. The molecule has 180 valence electrons. The van der Waals surface area contributed by atoms with Crippen molar-refractivity contribution in [3.05, 3.63) is 85.5 Å². The molecular formula is C24H22N4O7. The molecule has 0 unspecified atom stereocenters. The summed E-state index contributed by atoms with van der Waals surface area (Å²) in [7, 11) is 0. The molecule has 1 amide bonds. The van der Waals surface area contributed by atoms with Crippen molar-refractivity contribution in [2.75, 3.05) is 0 Å². The molecule has 1 N–H and O–H groups in total. The van der Waals surface area contributed by atoms with Gasteiger partial charge in [-0.15, -0.1) is 0 Å². The van der Waals surface area contributed by atoms with E-state index in [2.05, 4.69) is 5.10 Å². The van der Waals surface area contributed by atoms with Gasteiger partial charge in [-0.2, -0.15) is 5.10 Å². The quantitative estimate of drug-likeness (QED) is 0.454. The topological polar surface area (TPSA) is 156 Å². The fraction of sp³-hybridized carbons (Fsp3) is 0.292. The molecule has 4 rings (SSSR count). The Bertz CT molecular complexity index is 1270. The molecule has 0 radical (unpaired) electrons. The Hall–Kier alpha value is -4.41. The zero-order valence-electron chi connectivity index (χ0n) is 18.6. The molecule has 0 aromatic heterocycles. The molecule has 11 nitrogen and oxygen atoms in total. The second kappa shape index (κ2) is 9.84. The number of allylic oxidation sites excluding steroid dienone is 1. The zero-order valence-corrected chi connectivity index (χ0v) is 18.6. The Morgan fingerprint density at radius 2 is 1.74 bits per heavy atom. The third-order valence-electron chi connectivity index (χ3n) is 6.15. The summed E-state index contributed by atoms with van der Waals surface area (Å²) in [5, 5.41) is 37.4. The lowest BCUT2D eigenvalue weighted by atomic mass is 9.77. The van der Waals surface area contributed by atoms with E-state index < -0.39 is 27.8 Å². The Balaban J connectivity index is 1.75. The van der Waals surface area contributed by atoms with Gasteiger partial charge in [-0.25, -0.2) is 5.01 Å². The summed E-state index contributed by atoms with van der Waals surface area (Å²) in [5.74, 6) is -1.84. The summed E-state index contributed by atoms with van der Waals surface area (Å²) in [4.78, 5) is 45.6. The molecular weight excluding hydrogens is 456 g/mol. The normalized spacial score (nSPS) is 20.3. The van der Waals surface area contributed by atoms with Gasteiger partial charge in [0.2, 0.25) is 5.91 Å². The second-order valence-corrected chi connectivity index (χ2v) is 8.43. The number of fused-ring (bicyclic) bond motifs is 1. The van der Waals surface area contributed by atoms with Crippen LogP contribution in [0, 0.1) is 26.1 Å². The minimum Gasteiger partial charge on any atom is -0.481 e. The maximum atomic E-state index is 13.0. The molecule has 11 heteroatoms. The Morgan fingerprint density at radius 1 is 1.06 bits per heavy atom. The maximum absolute atomic E-state index is 13.0. The summed E-state index contributed by atoms with van der Waals surface area (Å²) >= 11 is 0. The first-order valence-electron chi connectivity index (χ1n) is 11.1. The van der Waals surface area contributed by atoms with Gasteiger partial charge in [0.25, 0.3) is 11.4 Å². The Morgan fingerprint density at radius 3 is 2.43 bits per heavy atom. The van der Waals surface area contributed by atoms with Gasteiger partial charge in [-0.05, 0) is 42.0 Å². The number of hydrogen-bond donors (Lipinski definition) is 1. The van der Waals surface area contributed by atoms with E-state index in [0.717, 1.165) is 12.0 Å². The molecule has 1 fully saturated rings. The molecule has 0 bridgehead atoms.